The van der Waals surface area contributed by atoms with Crippen molar-refractivity contribution in [2.24, 2.45) is 5.92 Å². The summed E-state index contributed by atoms with van der Waals surface area (Å²) in [5.41, 5.74) is 3.07. The first kappa shape index (κ1) is 22.7. The minimum absolute atomic E-state index is 0.0331. The van der Waals surface area contributed by atoms with Crippen LogP contribution in [0.4, 0.5) is 11.4 Å². The van der Waals surface area contributed by atoms with Crippen molar-refractivity contribution < 1.29 is 14.3 Å². The third kappa shape index (κ3) is 6.23. The smallest absolute Gasteiger partial charge is 0.262 e. The monoisotopic (exact) mass is 423 g/mol. The Hall–Kier alpha value is -3.02. The lowest BCUT2D eigenvalue weighted by Gasteiger charge is -2.37. The number of carbonyl (C=O) groups excluding carboxylic acids is 2. The molecule has 0 atom stereocenters. The quantitative estimate of drug-likeness (QED) is 0.727. The number of piperazine rings is 1. The zero-order valence-corrected chi connectivity index (χ0v) is 18.9. The van der Waals surface area contributed by atoms with E-state index in [2.05, 4.69) is 24.1 Å². The number of anilines is 2. The van der Waals surface area contributed by atoms with Crippen molar-refractivity contribution in [2.75, 3.05) is 43.0 Å². The third-order valence-corrected chi connectivity index (χ3v) is 5.52. The van der Waals surface area contributed by atoms with Crippen LogP contribution in [0.3, 0.4) is 0 Å². The highest BCUT2D eigenvalue weighted by atomic mass is 16.5. The van der Waals surface area contributed by atoms with Gasteiger partial charge in [-0.3, -0.25) is 9.59 Å². The van der Waals surface area contributed by atoms with Crippen molar-refractivity contribution in [3.63, 3.8) is 0 Å². The summed E-state index contributed by atoms with van der Waals surface area (Å²) in [5.74, 6) is 1.21. The van der Waals surface area contributed by atoms with E-state index in [1.165, 1.54) is 5.56 Å². The Balaban J connectivity index is 1.46. The van der Waals surface area contributed by atoms with Crippen LogP contribution in [0, 0.1) is 5.92 Å². The third-order valence-electron chi connectivity index (χ3n) is 5.52. The minimum atomic E-state index is -0.193. The van der Waals surface area contributed by atoms with Crippen molar-refractivity contribution in [2.45, 2.75) is 33.6 Å². The summed E-state index contributed by atoms with van der Waals surface area (Å²) in [7, 11) is 0. The summed E-state index contributed by atoms with van der Waals surface area (Å²) >= 11 is 0. The average Bonchev–Trinajstić information content (AvgIpc) is 2.78. The predicted octanol–water partition coefficient (Wildman–Crippen LogP) is 4.13. The van der Waals surface area contributed by atoms with Crippen molar-refractivity contribution in [3.8, 4) is 5.75 Å². The Labute approximate surface area is 185 Å². The van der Waals surface area contributed by atoms with Gasteiger partial charge in [0.25, 0.3) is 5.91 Å². The van der Waals surface area contributed by atoms with Gasteiger partial charge in [0, 0.05) is 43.5 Å². The van der Waals surface area contributed by atoms with E-state index in [0.29, 0.717) is 11.7 Å². The number of rotatable bonds is 7. The lowest BCUT2D eigenvalue weighted by molar-refractivity contribution is -0.134. The van der Waals surface area contributed by atoms with Crippen LogP contribution < -0.4 is 15.0 Å². The maximum absolute atomic E-state index is 12.2. The number of benzene rings is 2. The molecule has 1 fully saturated rings. The minimum Gasteiger partial charge on any atom is -0.484 e. The molecule has 1 aliphatic rings. The Morgan fingerprint density at radius 1 is 0.903 bits per heavy atom. The lowest BCUT2D eigenvalue weighted by Crippen LogP contribution is -2.49. The molecule has 0 unspecified atom stereocenters. The van der Waals surface area contributed by atoms with Gasteiger partial charge in [-0.15, -0.1) is 0 Å². The van der Waals surface area contributed by atoms with Gasteiger partial charge in [0.1, 0.15) is 5.75 Å². The first-order chi connectivity index (χ1) is 14.8. The Morgan fingerprint density at radius 2 is 1.52 bits per heavy atom. The molecule has 0 saturated carbocycles. The van der Waals surface area contributed by atoms with Gasteiger partial charge in [0.05, 0.1) is 0 Å². The number of amides is 2. The summed E-state index contributed by atoms with van der Waals surface area (Å²) in [4.78, 5) is 28.5. The van der Waals surface area contributed by atoms with E-state index in [1.807, 2.05) is 67.3 Å². The molecule has 0 radical (unpaired) electrons. The standard InChI is InChI=1S/C25H33N3O3/c1-18(2)20-5-11-23(12-6-20)31-17-24(29)26-21-7-9-22(10-8-21)27-13-15-28(16-14-27)25(30)19(3)4/h5-12,18-19H,13-17H2,1-4H3,(H,26,29). The van der Waals surface area contributed by atoms with E-state index in [0.717, 1.165) is 37.6 Å². The number of nitrogens with one attached hydrogen (secondary N) is 1. The molecule has 1 aliphatic heterocycles. The fourth-order valence-corrected chi connectivity index (χ4v) is 3.60. The molecular formula is C25H33N3O3. The number of ether oxygens (including phenoxy) is 1. The van der Waals surface area contributed by atoms with Crippen molar-refractivity contribution >= 4 is 23.2 Å². The average molecular weight is 424 g/mol. The topological polar surface area (TPSA) is 61.9 Å². The van der Waals surface area contributed by atoms with Gasteiger partial charge in [-0.2, -0.15) is 0 Å². The van der Waals surface area contributed by atoms with Crippen LogP contribution in [0.1, 0.15) is 39.2 Å². The molecule has 6 heteroatoms. The zero-order chi connectivity index (χ0) is 22.4. The normalized spacial score (nSPS) is 14.1. The van der Waals surface area contributed by atoms with E-state index in [4.69, 9.17) is 4.74 Å². The molecule has 0 bridgehead atoms. The van der Waals surface area contributed by atoms with Crippen LogP contribution in [0.15, 0.2) is 48.5 Å². The maximum Gasteiger partial charge on any atom is 0.262 e. The number of nitrogens with zero attached hydrogens (tertiary/aromatic N) is 2. The van der Waals surface area contributed by atoms with Crippen LogP contribution in [0.2, 0.25) is 0 Å². The molecule has 1 saturated heterocycles. The molecule has 166 valence electrons. The Bertz CT molecular complexity index is 868. The van der Waals surface area contributed by atoms with Gasteiger partial charge in [-0.05, 0) is 47.9 Å². The van der Waals surface area contributed by atoms with E-state index in [9.17, 15) is 9.59 Å². The summed E-state index contributed by atoms with van der Waals surface area (Å²) < 4.78 is 5.59. The molecule has 2 amide bonds. The molecule has 2 aromatic rings. The first-order valence-corrected chi connectivity index (χ1v) is 11.0. The van der Waals surface area contributed by atoms with Gasteiger partial charge >= 0.3 is 0 Å². The summed E-state index contributed by atoms with van der Waals surface area (Å²) in [6.07, 6.45) is 0. The molecule has 2 aromatic carbocycles. The number of hydrogen-bond donors (Lipinski definition) is 1. The molecular weight excluding hydrogens is 390 g/mol. The Kier molecular flexibility index (Phi) is 7.55. The Morgan fingerprint density at radius 3 is 2.06 bits per heavy atom. The van der Waals surface area contributed by atoms with Gasteiger partial charge in [0.15, 0.2) is 6.61 Å². The number of carbonyl (C=O) groups is 2. The van der Waals surface area contributed by atoms with Crippen molar-refractivity contribution in [3.05, 3.63) is 54.1 Å². The van der Waals surface area contributed by atoms with Crippen molar-refractivity contribution in [1.29, 1.82) is 0 Å². The highest BCUT2D eigenvalue weighted by Gasteiger charge is 2.22. The van der Waals surface area contributed by atoms with Gasteiger partial charge < -0.3 is 19.9 Å². The molecule has 31 heavy (non-hydrogen) atoms. The molecule has 1 heterocycles. The molecule has 0 aliphatic carbocycles. The fraction of sp³-hybridized carbons (Fsp3) is 0.440. The van der Waals surface area contributed by atoms with Gasteiger partial charge in [-0.25, -0.2) is 0 Å². The van der Waals surface area contributed by atoms with E-state index >= 15 is 0 Å². The van der Waals surface area contributed by atoms with E-state index in [-0.39, 0.29) is 24.3 Å². The van der Waals surface area contributed by atoms with Crippen molar-refractivity contribution in [1.82, 2.24) is 4.90 Å². The highest BCUT2D eigenvalue weighted by Crippen LogP contribution is 2.21. The van der Waals surface area contributed by atoms with Gasteiger partial charge in [-0.1, -0.05) is 39.8 Å². The molecule has 6 nitrogen and oxygen atoms in total. The second-order valence-corrected chi connectivity index (χ2v) is 8.57. The van der Waals surface area contributed by atoms with Crippen LogP contribution >= 0.6 is 0 Å². The highest BCUT2D eigenvalue weighted by molar-refractivity contribution is 5.92. The summed E-state index contributed by atoms with van der Waals surface area (Å²) in [6, 6.07) is 15.6. The van der Waals surface area contributed by atoms with E-state index in [1.54, 1.807) is 0 Å². The molecule has 0 aromatic heterocycles. The number of hydrogen-bond acceptors (Lipinski definition) is 4. The van der Waals surface area contributed by atoms with Crippen LogP contribution in [0.25, 0.3) is 0 Å². The largest absolute Gasteiger partial charge is 0.484 e. The summed E-state index contributed by atoms with van der Waals surface area (Å²) in [5, 5.41) is 2.87. The maximum atomic E-state index is 12.2. The van der Waals surface area contributed by atoms with Crippen LogP contribution in [-0.4, -0.2) is 49.5 Å². The fourth-order valence-electron chi connectivity index (χ4n) is 3.60. The van der Waals surface area contributed by atoms with Gasteiger partial charge in [0.2, 0.25) is 5.91 Å². The second kappa shape index (κ2) is 10.3. The predicted molar refractivity (Wildman–Crippen MR) is 125 cm³/mol. The summed E-state index contributed by atoms with van der Waals surface area (Å²) in [6.45, 7) is 11.2. The van der Waals surface area contributed by atoms with E-state index < -0.39 is 0 Å². The SMILES string of the molecule is CC(C)C(=O)N1CCN(c2ccc(NC(=O)COc3ccc(C(C)C)cc3)cc2)CC1. The molecule has 0 spiro atoms. The second-order valence-electron chi connectivity index (χ2n) is 8.57. The molecule has 1 N–H and O–H groups in total. The lowest BCUT2D eigenvalue weighted by atomic mass is 10.0. The van der Waals surface area contributed by atoms with Crippen LogP contribution in [0.5, 0.6) is 5.75 Å². The van der Waals surface area contributed by atoms with Crippen LogP contribution in [-0.2, 0) is 9.59 Å². The zero-order valence-electron chi connectivity index (χ0n) is 18.9. The molecule has 3 rings (SSSR count). The first-order valence-electron chi connectivity index (χ1n) is 11.0.